The predicted molar refractivity (Wildman–Crippen MR) is 195 cm³/mol. The topological polar surface area (TPSA) is 9.23 Å². The van der Waals surface area contributed by atoms with Crippen molar-refractivity contribution in [1.29, 1.82) is 0 Å². The summed E-state index contributed by atoms with van der Waals surface area (Å²) in [7, 11) is 1.63. The molecule has 0 aliphatic carbocycles. The Morgan fingerprint density at radius 3 is 0.895 bits per heavy atom. The Hall–Kier alpha value is -1.76. The first-order valence-corrected chi connectivity index (χ1v) is 12.6. The lowest BCUT2D eigenvalue weighted by Crippen LogP contribution is -1.77. The smallest absolute Gasteiger partial charge is 0.0881 e. The molecule has 0 radical (unpaired) electrons. The molecule has 0 N–H and O–H groups in total. The van der Waals surface area contributed by atoms with Crippen LogP contribution in [0.1, 0.15) is 165 Å². The maximum Gasteiger partial charge on any atom is 0.0881 e. The average molecular weight is 545 g/mol. The van der Waals surface area contributed by atoms with Crippen LogP contribution >= 0.6 is 0 Å². The van der Waals surface area contributed by atoms with Crippen LogP contribution in [-0.2, 0) is 4.74 Å². The third-order valence-corrected chi connectivity index (χ3v) is 4.64. The third-order valence-electron chi connectivity index (χ3n) is 4.64. The fourth-order valence-electron chi connectivity index (χ4n) is 1.53. The summed E-state index contributed by atoms with van der Waals surface area (Å²) in [5.74, 6) is 0.843. The van der Waals surface area contributed by atoms with E-state index in [4.69, 9.17) is 4.74 Å². The largest absolute Gasteiger partial charge is 0.502 e. The molecule has 0 rings (SSSR count). The summed E-state index contributed by atoms with van der Waals surface area (Å²) in [6.45, 7) is 37.8. The van der Waals surface area contributed by atoms with E-state index < -0.39 is 0 Å². The van der Waals surface area contributed by atoms with Crippen molar-refractivity contribution in [3.05, 3.63) is 73.1 Å². The van der Waals surface area contributed by atoms with Gasteiger partial charge in [0.05, 0.1) is 12.9 Å². The first kappa shape index (κ1) is 70.6. The van der Waals surface area contributed by atoms with Gasteiger partial charge in [0.15, 0.2) is 0 Å². The summed E-state index contributed by atoms with van der Waals surface area (Å²) in [6.07, 6.45) is 14.1. The SMILES string of the molecule is C.C.C.C.C.C.C=C(/C=C\C)CC.C=C(CC)CC.C=C(CC)CC.C=C(CC)CCC.C=C(CC)OC. The van der Waals surface area contributed by atoms with Gasteiger partial charge in [0.2, 0.25) is 0 Å². The zero-order valence-electron chi connectivity index (χ0n) is 24.0. The molecule has 0 aromatic carbocycles. The van der Waals surface area contributed by atoms with Gasteiger partial charge in [-0.05, 0) is 51.9 Å². The summed E-state index contributed by atoms with van der Waals surface area (Å²) < 4.78 is 4.70. The Morgan fingerprint density at radius 1 is 0.526 bits per heavy atom. The molecule has 1 heteroatoms. The second-order valence-corrected chi connectivity index (χ2v) is 7.38. The Bertz CT molecular complexity index is 421. The molecule has 1 nitrogen and oxygen atoms in total. The van der Waals surface area contributed by atoms with Gasteiger partial charge in [-0.3, -0.25) is 0 Å². The van der Waals surface area contributed by atoms with Crippen LogP contribution in [0, 0.1) is 0 Å². The lowest BCUT2D eigenvalue weighted by molar-refractivity contribution is 0.283. The number of methoxy groups -OCH3 is 1. The summed E-state index contributed by atoms with van der Waals surface area (Å²) in [6, 6.07) is 0. The minimum Gasteiger partial charge on any atom is -0.502 e. The van der Waals surface area contributed by atoms with Crippen LogP contribution in [0.3, 0.4) is 0 Å². The van der Waals surface area contributed by atoms with E-state index in [-0.39, 0.29) is 44.6 Å². The highest BCUT2D eigenvalue weighted by Gasteiger charge is 1.83. The number of ether oxygens (including phenoxy) is 1. The molecule has 0 unspecified atom stereocenters. The van der Waals surface area contributed by atoms with Crippen LogP contribution in [-0.4, -0.2) is 7.11 Å². The van der Waals surface area contributed by atoms with E-state index in [1.54, 1.807) is 7.11 Å². The van der Waals surface area contributed by atoms with E-state index in [0.29, 0.717) is 0 Å². The normalized spacial score (nSPS) is 7.32. The van der Waals surface area contributed by atoms with Gasteiger partial charge >= 0.3 is 0 Å². The van der Waals surface area contributed by atoms with Crippen LogP contribution in [0.25, 0.3) is 0 Å². The lowest BCUT2D eigenvalue weighted by Gasteiger charge is -1.94. The summed E-state index contributed by atoms with van der Waals surface area (Å²) in [5.41, 5.74) is 5.26. The monoisotopic (exact) mass is 545 g/mol. The first-order chi connectivity index (χ1) is 15.0. The zero-order chi connectivity index (χ0) is 26.4. The van der Waals surface area contributed by atoms with E-state index in [1.165, 1.54) is 35.1 Å². The summed E-state index contributed by atoms with van der Waals surface area (Å²) >= 11 is 0. The molecule has 0 atom stereocenters. The van der Waals surface area contributed by atoms with Gasteiger partial charge in [0, 0.05) is 6.42 Å². The van der Waals surface area contributed by atoms with Crippen molar-refractivity contribution in [1.82, 2.24) is 0 Å². The number of rotatable bonds is 11. The molecular weight excluding hydrogens is 460 g/mol. The molecule has 0 aliphatic rings. The van der Waals surface area contributed by atoms with Gasteiger partial charge < -0.3 is 4.74 Å². The van der Waals surface area contributed by atoms with E-state index in [9.17, 15) is 0 Å². The van der Waals surface area contributed by atoms with Crippen LogP contribution < -0.4 is 0 Å². The molecule has 0 saturated heterocycles. The molecule has 0 heterocycles. The Morgan fingerprint density at radius 2 is 0.842 bits per heavy atom. The van der Waals surface area contributed by atoms with Crippen LogP contribution in [0.2, 0.25) is 0 Å². The molecule has 0 saturated carbocycles. The number of allylic oxidation sites excluding steroid dienone is 7. The van der Waals surface area contributed by atoms with Crippen molar-refractivity contribution in [2.75, 3.05) is 7.11 Å². The standard InChI is InChI=1S/C7H14.C7H12.2C6H12.C5H10O.6CH4/c2*1-4-6-7(3)5-2;2*1-4-6(3)5-2;1-4-5(2)6-3;;;;;;/h3-6H2,1-2H3;4,6H,3,5H2,1-2H3;2*3-5H2,1-2H3;2,4H2,1,3H3;6*1H4/b;6-4-;;;;;;;;;. The zero-order valence-corrected chi connectivity index (χ0v) is 24.0. The molecular formula is C37H84O. The maximum atomic E-state index is 4.70. The van der Waals surface area contributed by atoms with Gasteiger partial charge in [-0.1, -0.05) is 174 Å². The van der Waals surface area contributed by atoms with Crippen molar-refractivity contribution in [2.24, 2.45) is 0 Å². The Labute approximate surface area is 249 Å². The van der Waals surface area contributed by atoms with Crippen molar-refractivity contribution >= 4 is 0 Å². The minimum atomic E-state index is 0. The Balaban J connectivity index is -0.0000000257. The molecule has 0 fully saturated rings. The second kappa shape index (κ2) is 64.9. The van der Waals surface area contributed by atoms with Gasteiger partial charge in [-0.2, -0.15) is 0 Å². The lowest BCUT2D eigenvalue weighted by atomic mass is 10.1. The quantitative estimate of drug-likeness (QED) is 0.143. The first-order valence-electron chi connectivity index (χ1n) is 12.6. The van der Waals surface area contributed by atoms with Gasteiger partial charge in [-0.25, -0.2) is 0 Å². The predicted octanol–water partition coefficient (Wildman–Crippen LogP) is 15.4. The van der Waals surface area contributed by atoms with Crippen LogP contribution in [0.5, 0.6) is 0 Å². The summed E-state index contributed by atoms with van der Waals surface area (Å²) in [5, 5.41) is 0. The van der Waals surface area contributed by atoms with Crippen molar-refractivity contribution in [2.45, 2.75) is 165 Å². The van der Waals surface area contributed by atoms with Crippen LogP contribution in [0.15, 0.2) is 73.1 Å². The summed E-state index contributed by atoms with van der Waals surface area (Å²) in [4.78, 5) is 0. The third kappa shape index (κ3) is 92.3. The molecule has 238 valence electrons. The minimum absolute atomic E-state index is 0. The highest BCUT2D eigenvalue weighted by molar-refractivity contribution is 5.12. The maximum absolute atomic E-state index is 4.70. The fraction of sp³-hybridized carbons (Fsp3) is 0.676. The molecule has 0 aliphatic heterocycles. The molecule has 38 heavy (non-hydrogen) atoms. The number of hydrogen-bond donors (Lipinski definition) is 0. The van der Waals surface area contributed by atoms with Crippen LogP contribution in [0.4, 0.5) is 0 Å². The van der Waals surface area contributed by atoms with Gasteiger partial charge in [0.1, 0.15) is 0 Å². The molecule has 0 aromatic rings. The molecule has 0 aromatic heterocycles. The number of hydrogen-bond acceptors (Lipinski definition) is 1. The van der Waals surface area contributed by atoms with Crippen molar-refractivity contribution in [3.63, 3.8) is 0 Å². The van der Waals surface area contributed by atoms with E-state index in [1.807, 2.05) is 26.0 Å². The average Bonchev–Trinajstić information content (AvgIpc) is 2.83. The Kier molecular flexibility index (Phi) is 121. The van der Waals surface area contributed by atoms with E-state index in [2.05, 4.69) is 81.4 Å². The molecule has 0 amide bonds. The van der Waals surface area contributed by atoms with Crippen molar-refractivity contribution in [3.8, 4) is 0 Å². The van der Waals surface area contributed by atoms with E-state index in [0.717, 1.165) is 50.7 Å². The van der Waals surface area contributed by atoms with Gasteiger partial charge in [-0.15, -0.1) is 0 Å². The highest BCUT2D eigenvalue weighted by Crippen LogP contribution is 2.04. The van der Waals surface area contributed by atoms with Crippen molar-refractivity contribution < 1.29 is 4.74 Å². The fourth-order valence-corrected chi connectivity index (χ4v) is 1.53. The second-order valence-electron chi connectivity index (χ2n) is 7.38. The highest BCUT2D eigenvalue weighted by atomic mass is 16.5. The van der Waals surface area contributed by atoms with Gasteiger partial charge in [0.25, 0.3) is 0 Å². The molecule has 0 spiro atoms. The van der Waals surface area contributed by atoms with E-state index >= 15 is 0 Å². The molecule has 0 bridgehead atoms.